The van der Waals surface area contributed by atoms with E-state index in [2.05, 4.69) is 5.32 Å². The van der Waals surface area contributed by atoms with Gasteiger partial charge in [-0.15, -0.1) is 0 Å². The SMILES string of the molecule is Cc1cccc(OCC(=O)NCC(O)c2ccc(C)o2)c1. The summed E-state index contributed by atoms with van der Waals surface area (Å²) in [5, 5.41) is 12.5. The van der Waals surface area contributed by atoms with Gasteiger partial charge in [0.05, 0.1) is 6.54 Å². The number of carbonyl (C=O) groups is 1. The van der Waals surface area contributed by atoms with Gasteiger partial charge in [-0.1, -0.05) is 12.1 Å². The van der Waals surface area contributed by atoms with Crippen LogP contribution >= 0.6 is 0 Å². The highest BCUT2D eigenvalue weighted by Gasteiger charge is 2.13. The molecule has 0 aliphatic rings. The maximum Gasteiger partial charge on any atom is 0.258 e. The van der Waals surface area contributed by atoms with Gasteiger partial charge in [-0.2, -0.15) is 0 Å². The third-order valence-corrected chi connectivity index (χ3v) is 2.94. The maximum atomic E-state index is 11.7. The molecule has 1 atom stereocenters. The van der Waals surface area contributed by atoms with Gasteiger partial charge in [0.2, 0.25) is 0 Å². The van der Waals surface area contributed by atoms with Gasteiger partial charge in [0.15, 0.2) is 6.61 Å². The number of aliphatic hydroxyl groups is 1. The number of furan rings is 1. The monoisotopic (exact) mass is 289 g/mol. The average molecular weight is 289 g/mol. The second-order valence-electron chi connectivity index (χ2n) is 4.87. The first-order valence-electron chi connectivity index (χ1n) is 6.75. The molecule has 1 aromatic carbocycles. The van der Waals surface area contributed by atoms with E-state index in [0.29, 0.717) is 11.5 Å². The molecule has 2 aromatic rings. The van der Waals surface area contributed by atoms with Gasteiger partial charge in [0, 0.05) is 0 Å². The number of amides is 1. The van der Waals surface area contributed by atoms with E-state index in [1.54, 1.807) is 25.1 Å². The van der Waals surface area contributed by atoms with Crippen LogP contribution in [0.25, 0.3) is 0 Å². The molecule has 5 nitrogen and oxygen atoms in total. The molecule has 0 spiro atoms. The van der Waals surface area contributed by atoms with E-state index in [0.717, 1.165) is 11.3 Å². The fraction of sp³-hybridized carbons (Fsp3) is 0.312. The summed E-state index contributed by atoms with van der Waals surface area (Å²) in [5.74, 6) is 1.51. The summed E-state index contributed by atoms with van der Waals surface area (Å²) in [6.45, 7) is 3.75. The van der Waals surface area contributed by atoms with E-state index in [1.165, 1.54) is 0 Å². The minimum absolute atomic E-state index is 0.0863. The minimum Gasteiger partial charge on any atom is -0.484 e. The van der Waals surface area contributed by atoms with E-state index in [1.807, 2.05) is 25.1 Å². The zero-order valence-electron chi connectivity index (χ0n) is 12.1. The Balaban J connectivity index is 1.75. The molecule has 1 heterocycles. The number of rotatable bonds is 6. The van der Waals surface area contributed by atoms with Gasteiger partial charge in [0.1, 0.15) is 23.4 Å². The van der Waals surface area contributed by atoms with Crippen molar-refractivity contribution in [2.24, 2.45) is 0 Å². The number of nitrogens with one attached hydrogen (secondary N) is 1. The summed E-state index contributed by atoms with van der Waals surface area (Å²) in [6.07, 6.45) is -0.860. The van der Waals surface area contributed by atoms with Crippen molar-refractivity contribution in [1.82, 2.24) is 5.32 Å². The van der Waals surface area contributed by atoms with Crippen molar-refractivity contribution in [2.75, 3.05) is 13.2 Å². The predicted molar refractivity (Wildman–Crippen MR) is 78.1 cm³/mol. The summed E-state index contributed by atoms with van der Waals surface area (Å²) in [7, 11) is 0. The lowest BCUT2D eigenvalue weighted by atomic mass is 10.2. The maximum absolute atomic E-state index is 11.7. The van der Waals surface area contributed by atoms with E-state index in [9.17, 15) is 9.90 Å². The number of ether oxygens (including phenoxy) is 1. The number of hydrogen-bond acceptors (Lipinski definition) is 4. The molecule has 0 aliphatic heterocycles. The summed E-state index contributed by atoms with van der Waals surface area (Å²) in [6, 6.07) is 10.9. The Morgan fingerprint density at radius 3 is 2.81 bits per heavy atom. The molecule has 2 rings (SSSR count). The van der Waals surface area contributed by atoms with Crippen molar-refractivity contribution >= 4 is 5.91 Å². The molecule has 2 N–H and O–H groups in total. The molecular weight excluding hydrogens is 270 g/mol. The van der Waals surface area contributed by atoms with Crippen LogP contribution in [0, 0.1) is 13.8 Å². The van der Waals surface area contributed by atoms with Gasteiger partial charge >= 0.3 is 0 Å². The molecule has 112 valence electrons. The van der Waals surface area contributed by atoms with Gasteiger partial charge in [0.25, 0.3) is 5.91 Å². The van der Waals surface area contributed by atoms with Gasteiger partial charge < -0.3 is 19.6 Å². The predicted octanol–water partition coefficient (Wildman–Crippen LogP) is 2.13. The van der Waals surface area contributed by atoms with Crippen LogP contribution in [0.3, 0.4) is 0 Å². The smallest absolute Gasteiger partial charge is 0.258 e. The highest BCUT2D eigenvalue weighted by Crippen LogP contribution is 2.15. The van der Waals surface area contributed by atoms with E-state index in [4.69, 9.17) is 9.15 Å². The van der Waals surface area contributed by atoms with Crippen LogP contribution in [0.5, 0.6) is 5.75 Å². The van der Waals surface area contributed by atoms with Crippen molar-refractivity contribution in [3.05, 3.63) is 53.5 Å². The number of aryl methyl sites for hydroxylation is 2. The number of aliphatic hydroxyl groups excluding tert-OH is 1. The molecule has 1 amide bonds. The highest BCUT2D eigenvalue weighted by atomic mass is 16.5. The van der Waals surface area contributed by atoms with Crippen molar-refractivity contribution in [1.29, 1.82) is 0 Å². The lowest BCUT2D eigenvalue weighted by molar-refractivity contribution is -0.123. The van der Waals surface area contributed by atoms with Crippen LogP contribution in [0.1, 0.15) is 23.2 Å². The molecule has 0 saturated carbocycles. The van der Waals surface area contributed by atoms with Crippen LogP contribution in [0.2, 0.25) is 0 Å². The van der Waals surface area contributed by atoms with Crippen LogP contribution in [0.15, 0.2) is 40.8 Å². The van der Waals surface area contributed by atoms with Crippen LogP contribution < -0.4 is 10.1 Å². The Labute approximate surface area is 123 Å². The Bertz CT molecular complexity index is 606. The Hall–Kier alpha value is -2.27. The van der Waals surface area contributed by atoms with Crippen LogP contribution in [-0.4, -0.2) is 24.2 Å². The van der Waals surface area contributed by atoms with Crippen molar-refractivity contribution in [2.45, 2.75) is 20.0 Å². The fourth-order valence-electron chi connectivity index (χ4n) is 1.85. The zero-order chi connectivity index (χ0) is 15.2. The molecular formula is C16H19NO4. The molecule has 0 fully saturated rings. The number of carbonyl (C=O) groups excluding carboxylic acids is 1. The molecule has 5 heteroatoms. The first-order valence-corrected chi connectivity index (χ1v) is 6.75. The highest BCUT2D eigenvalue weighted by molar-refractivity contribution is 5.77. The summed E-state index contributed by atoms with van der Waals surface area (Å²) in [4.78, 5) is 11.7. The molecule has 0 aliphatic carbocycles. The Kier molecular flexibility index (Phi) is 5.00. The zero-order valence-corrected chi connectivity index (χ0v) is 12.1. The summed E-state index contributed by atoms with van der Waals surface area (Å²) < 4.78 is 10.7. The van der Waals surface area contributed by atoms with E-state index >= 15 is 0 Å². The second kappa shape index (κ2) is 6.95. The van der Waals surface area contributed by atoms with Gasteiger partial charge in [-0.05, 0) is 43.7 Å². The number of benzene rings is 1. The van der Waals surface area contributed by atoms with Crippen molar-refractivity contribution in [3.8, 4) is 5.75 Å². The fourth-order valence-corrected chi connectivity index (χ4v) is 1.85. The third-order valence-electron chi connectivity index (χ3n) is 2.94. The van der Waals surface area contributed by atoms with Crippen molar-refractivity contribution < 1.29 is 19.1 Å². The molecule has 0 radical (unpaired) electrons. The molecule has 0 saturated heterocycles. The lowest BCUT2D eigenvalue weighted by Gasteiger charge is -2.10. The largest absolute Gasteiger partial charge is 0.484 e. The number of hydrogen-bond donors (Lipinski definition) is 2. The standard InChI is InChI=1S/C16H19NO4/c1-11-4-3-5-13(8-11)20-10-16(19)17-9-14(18)15-7-6-12(2)21-15/h3-8,14,18H,9-10H2,1-2H3,(H,17,19). The summed E-state index contributed by atoms with van der Waals surface area (Å²) in [5.41, 5.74) is 1.07. The van der Waals surface area contributed by atoms with Gasteiger partial charge in [-0.3, -0.25) is 4.79 Å². The topological polar surface area (TPSA) is 71.7 Å². The van der Waals surface area contributed by atoms with E-state index in [-0.39, 0.29) is 19.1 Å². The average Bonchev–Trinajstić information content (AvgIpc) is 2.89. The van der Waals surface area contributed by atoms with Gasteiger partial charge in [-0.25, -0.2) is 0 Å². The quantitative estimate of drug-likeness (QED) is 0.854. The van der Waals surface area contributed by atoms with Crippen LogP contribution in [0.4, 0.5) is 0 Å². The summed E-state index contributed by atoms with van der Waals surface area (Å²) >= 11 is 0. The second-order valence-corrected chi connectivity index (χ2v) is 4.87. The molecule has 1 unspecified atom stereocenters. The third kappa shape index (κ3) is 4.65. The normalized spacial score (nSPS) is 12.0. The molecule has 1 aromatic heterocycles. The molecule has 0 bridgehead atoms. The first-order chi connectivity index (χ1) is 10.0. The minimum atomic E-state index is -0.860. The molecule has 21 heavy (non-hydrogen) atoms. The lowest BCUT2D eigenvalue weighted by Crippen LogP contribution is -2.32. The Morgan fingerprint density at radius 2 is 2.14 bits per heavy atom. The first kappa shape index (κ1) is 15.1. The Morgan fingerprint density at radius 1 is 1.33 bits per heavy atom. The van der Waals surface area contributed by atoms with Crippen LogP contribution in [-0.2, 0) is 4.79 Å². The van der Waals surface area contributed by atoms with Crippen molar-refractivity contribution in [3.63, 3.8) is 0 Å². The van der Waals surface area contributed by atoms with E-state index < -0.39 is 6.10 Å².